The van der Waals surface area contributed by atoms with Gasteiger partial charge in [0.05, 0.1) is 0 Å². The molecule has 0 spiro atoms. The van der Waals surface area contributed by atoms with Gasteiger partial charge in [-0.1, -0.05) is 0 Å². The predicted molar refractivity (Wildman–Crippen MR) is 57.6 cm³/mol. The summed E-state index contributed by atoms with van der Waals surface area (Å²) in [6.45, 7) is 3.91. The minimum atomic E-state index is -0.254. The summed E-state index contributed by atoms with van der Waals surface area (Å²) in [5.74, 6) is -0.254. The Morgan fingerprint density at radius 3 is 1.86 bits per heavy atom. The molecule has 0 aromatic carbocycles. The molecule has 0 atom stereocenters. The lowest BCUT2D eigenvalue weighted by Gasteiger charge is -2.20. The zero-order valence-electron chi connectivity index (χ0n) is 8.74. The SMILES string of the molecule is NCCCN(CCCN)CCC(N)=O. The first kappa shape index (κ1) is 13.4. The van der Waals surface area contributed by atoms with Crippen molar-refractivity contribution in [1.29, 1.82) is 0 Å². The second-order valence-electron chi connectivity index (χ2n) is 3.34. The van der Waals surface area contributed by atoms with Crippen LogP contribution < -0.4 is 17.2 Å². The summed E-state index contributed by atoms with van der Waals surface area (Å²) in [7, 11) is 0. The number of primary amides is 1. The van der Waals surface area contributed by atoms with Gasteiger partial charge in [0.25, 0.3) is 0 Å². The van der Waals surface area contributed by atoms with Gasteiger partial charge in [0.2, 0.25) is 5.91 Å². The smallest absolute Gasteiger partial charge is 0.218 e. The number of carbonyl (C=O) groups excluding carboxylic acids is 1. The molecule has 0 bridgehead atoms. The number of hydrogen-bond donors (Lipinski definition) is 3. The van der Waals surface area contributed by atoms with Crippen molar-refractivity contribution in [2.75, 3.05) is 32.7 Å². The van der Waals surface area contributed by atoms with Crippen molar-refractivity contribution in [3.05, 3.63) is 0 Å². The minimum Gasteiger partial charge on any atom is -0.370 e. The molecule has 0 aliphatic heterocycles. The summed E-state index contributed by atoms with van der Waals surface area (Å²) in [4.78, 5) is 12.8. The highest BCUT2D eigenvalue weighted by Gasteiger charge is 2.05. The van der Waals surface area contributed by atoms with Gasteiger partial charge in [-0.05, 0) is 39.0 Å². The largest absolute Gasteiger partial charge is 0.370 e. The van der Waals surface area contributed by atoms with E-state index in [1.807, 2.05) is 0 Å². The normalized spacial score (nSPS) is 10.8. The Kier molecular flexibility index (Phi) is 8.51. The van der Waals surface area contributed by atoms with Crippen molar-refractivity contribution >= 4 is 5.91 Å². The van der Waals surface area contributed by atoms with Crippen molar-refractivity contribution in [3.8, 4) is 0 Å². The van der Waals surface area contributed by atoms with Crippen molar-refractivity contribution in [1.82, 2.24) is 4.90 Å². The number of nitrogens with zero attached hydrogens (tertiary/aromatic N) is 1. The molecular formula is C9H22N4O. The number of nitrogens with two attached hydrogens (primary N) is 3. The maximum Gasteiger partial charge on any atom is 0.218 e. The van der Waals surface area contributed by atoms with Crippen molar-refractivity contribution in [3.63, 3.8) is 0 Å². The second-order valence-corrected chi connectivity index (χ2v) is 3.34. The van der Waals surface area contributed by atoms with E-state index in [9.17, 15) is 4.79 Å². The van der Waals surface area contributed by atoms with E-state index >= 15 is 0 Å². The second kappa shape index (κ2) is 8.93. The zero-order chi connectivity index (χ0) is 10.8. The lowest BCUT2D eigenvalue weighted by Crippen LogP contribution is -2.32. The molecule has 0 aliphatic rings. The standard InChI is InChI=1S/C9H22N4O/c10-4-1-6-13(7-2-5-11)8-3-9(12)14/h1-8,10-11H2,(H2,12,14). The fraction of sp³-hybridized carbons (Fsp3) is 0.889. The monoisotopic (exact) mass is 202 g/mol. The van der Waals surface area contributed by atoms with Crippen molar-refractivity contribution in [2.24, 2.45) is 17.2 Å². The Morgan fingerprint density at radius 2 is 1.50 bits per heavy atom. The molecule has 0 radical (unpaired) electrons. The van der Waals surface area contributed by atoms with Gasteiger partial charge in [-0.15, -0.1) is 0 Å². The van der Waals surface area contributed by atoms with Crippen LogP contribution in [0.25, 0.3) is 0 Å². The molecule has 14 heavy (non-hydrogen) atoms. The summed E-state index contributed by atoms with van der Waals surface area (Å²) in [5, 5.41) is 0. The molecule has 0 saturated heterocycles. The van der Waals surface area contributed by atoms with E-state index in [1.54, 1.807) is 0 Å². The third kappa shape index (κ3) is 7.97. The first-order chi connectivity index (χ1) is 6.70. The maximum atomic E-state index is 10.6. The van der Waals surface area contributed by atoms with E-state index in [2.05, 4.69) is 4.90 Å². The molecule has 0 fully saturated rings. The maximum absolute atomic E-state index is 10.6. The molecule has 0 saturated carbocycles. The average Bonchev–Trinajstić information content (AvgIpc) is 2.16. The summed E-state index contributed by atoms with van der Waals surface area (Å²) in [6, 6.07) is 0. The summed E-state index contributed by atoms with van der Waals surface area (Å²) >= 11 is 0. The zero-order valence-corrected chi connectivity index (χ0v) is 8.74. The number of rotatable bonds is 9. The van der Waals surface area contributed by atoms with E-state index in [1.165, 1.54) is 0 Å². The quantitative estimate of drug-likeness (QED) is 0.440. The van der Waals surface area contributed by atoms with Crippen LogP contribution in [-0.4, -0.2) is 43.5 Å². The third-order valence-electron chi connectivity index (χ3n) is 2.03. The molecule has 6 N–H and O–H groups in total. The molecule has 0 unspecified atom stereocenters. The minimum absolute atomic E-state index is 0.254. The highest BCUT2D eigenvalue weighted by Crippen LogP contribution is 1.95. The Morgan fingerprint density at radius 1 is 1.00 bits per heavy atom. The molecule has 5 nitrogen and oxygen atoms in total. The van der Waals surface area contributed by atoms with Crippen LogP contribution >= 0.6 is 0 Å². The van der Waals surface area contributed by atoms with Gasteiger partial charge >= 0.3 is 0 Å². The van der Waals surface area contributed by atoms with Crippen LogP contribution in [0.15, 0.2) is 0 Å². The molecule has 0 aromatic rings. The molecule has 0 aliphatic carbocycles. The van der Waals surface area contributed by atoms with Crippen molar-refractivity contribution < 1.29 is 4.79 Å². The fourth-order valence-corrected chi connectivity index (χ4v) is 1.23. The highest BCUT2D eigenvalue weighted by molar-refractivity contribution is 5.73. The number of amides is 1. The van der Waals surface area contributed by atoms with E-state index in [4.69, 9.17) is 17.2 Å². The van der Waals surface area contributed by atoms with Gasteiger partial charge in [0.15, 0.2) is 0 Å². The van der Waals surface area contributed by atoms with E-state index in [-0.39, 0.29) is 5.91 Å². The van der Waals surface area contributed by atoms with Gasteiger partial charge in [-0.25, -0.2) is 0 Å². The van der Waals surface area contributed by atoms with Crippen LogP contribution in [0.5, 0.6) is 0 Å². The Hall–Kier alpha value is -0.650. The van der Waals surface area contributed by atoms with E-state index in [0.29, 0.717) is 19.5 Å². The topological polar surface area (TPSA) is 98.4 Å². The van der Waals surface area contributed by atoms with Gasteiger partial charge in [-0.3, -0.25) is 4.79 Å². The third-order valence-corrected chi connectivity index (χ3v) is 2.03. The molecule has 84 valence electrons. The molecule has 0 rings (SSSR count). The molecule has 0 heterocycles. The predicted octanol–water partition coefficient (Wildman–Crippen LogP) is -1.14. The van der Waals surface area contributed by atoms with Crippen LogP contribution in [0.1, 0.15) is 19.3 Å². The molecule has 0 aromatic heterocycles. The molecule has 1 amide bonds. The van der Waals surface area contributed by atoms with Crippen LogP contribution in [0, 0.1) is 0 Å². The first-order valence-electron chi connectivity index (χ1n) is 5.11. The van der Waals surface area contributed by atoms with E-state index < -0.39 is 0 Å². The van der Waals surface area contributed by atoms with Crippen LogP contribution in [-0.2, 0) is 4.79 Å². The summed E-state index contributed by atoms with van der Waals surface area (Å²) in [5.41, 5.74) is 15.9. The number of carbonyl (C=O) groups is 1. The highest BCUT2D eigenvalue weighted by atomic mass is 16.1. The number of hydrogen-bond acceptors (Lipinski definition) is 4. The van der Waals surface area contributed by atoms with Crippen molar-refractivity contribution in [2.45, 2.75) is 19.3 Å². The molecule has 5 heteroatoms. The van der Waals surface area contributed by atoms with E-state index in [0.717, 1.165) is 32.5 Å². The van der Waals surface area contributed by atoms with Crippen LogP contribution in [0.2, 0.25) is 0 Å². The van der Waals surface area contributed by atoms with Gasteiger partial charge < -0.3 is 22.1 Å². The molecular weight excluding hydrogens is 180 g/mol. The Labute approximate surface area is 85.6 Å². The van der Waals surface area contributed by atoms with Gasteiger partial charge in [-0.2, -0.15) is 0 Å². The summed E-state index contributed by atoms with van der Waals surface area (Å²) < 4.78 is 0. The van der Waals surface area contributed by atoms with Gasteiger partial charge in [0.1, 0.15) is 0 Å². The lowest BCUT2D eigenvalue weighted by atomic mass is 10.3. The Balaban J connectivity index is 3.65. The van der Waals surface area contributed by atoms with Crippen LogP contribution in [0.3, 0.4) is 0 Å². The van der Waals surface area contributed by atoms with Gasteiger partial charge in [0, 0.05) is 13.0 Å². The Bertz CT molecular complexity index is 144. The summed E-state index contributed by atoms with van der Waals surface area (Å²) in [6.07, 6.45) is 2.31. The van der Waals surface area contributed by atoms with Crippen LogP contribution in [0.4, 0.5) is 0 Å². The average molecular weight is 202 g/mol. The lowest BCUT2D eigenvalue weighted by molar-refractivity contribution is -0.118. The first-order valence-corrected chi connectivity index (χ1v) is 5.11. The fourth-order valence-electron chi connectivity index (χ4n) is 1.23.